The largest absolute Gasteiger partial charge is 0.489 e. The fraction of sp³-hybridized carbons (Fsp3) is 0.522. The zero-order valence-electron chi connectivity index (χ0n) is 17.9. The van der Waals surface area contributed by atoms with E-state index in [1.807, 2.05) is 13.8 Å². The predicted molar refractivity (Wildman–Crippen MR) is 111 cm³/mol. The van der Waals surface area contributed by atoms with Crippen LogP contribution in [0.1, 0.15) is 66.4 Å². The molecule has 1 amide bonds. The summed E-state index contributed by atoms with van der Waals surface area (Å²) in [6.45, 7) is 6.20. The van der Waals surface area contributed by atoms with Crippen molar-refractivity contribution in [3.05, 3.63) is 46.8 Å². The third kappa shape index (κ3) is 5.84. The number of aromatic nitrogens is 1. The Bertz CT molecular complexity index is 851. The highest BCUT2D eigenvalue weighted by molar-refractivity contribution is 5.92. The molecule has 1 saturated carbocycles. The van der Waals surface area contributed by atoms with Crippen LogP contribution in [0.15, 0.2) is 28.8 Å². The number of carbonyl (C=O) groups is 2. The van der Waals surface area contributed by atoms with E-state index in [4.69, 9.17) is 14.0 Å². The van der Waals surface area contributed by atoms with Gasteiger partial charge in [-0.15, -0.1) is 0 Å². The number of benzene rings is 1. The van der Waals surface area contributed by atoms with Crippen molar-refractivity contribution in [2.45, 2.75) is 65.6 Å². The molecular formula is C23H30N2O5. The molecule has 7 heteroatoms. The molecule has 1 aliphatic rings. The highest BCUT2D eigenvalue weighted by Crippen LogP contribution is 2.23. The van der Waals surface area contributed by atoms with E-state index >= 15 is 0 Å². The number of amides is 1. The Labute approximate surface area is 177 Å². The number of rotatable bonds is 8. The molecule has 1 atom stereocenters. The van der Waals surface area contributed by atoms with Crippen LogP contribution in [0.5, 0.6) is 5.75 Å². The summed E-state index contributed by atoms with van der Waals surface area (Å²) in [5.41, 5.74) is 1.99. The van der Waals surface area contributed by atoms with Crippen LogP contribution >= 0.6 is 0 Å². The maximum atomic E-state index is 12.5. The molecule has 0 bridgehead atoms. The fourth-order valence-corrected chi connectivity index (χ4v) is 3.64. The highest BCUT2D eigenvalue weighted by Gasteiger charge is 2.21. The lowest BCUT2D eigenvalue weighted by atomic mass is 9.89. The molecule has 2 aromatic rings. The maximum Gasteiger partial charge on any atom is 0.339 e. The Balaban J connectivity index is 1.50. The van der Waals surface area contributed by atoms with Gasteiger partial charge in [0.1, 0.15) is 18.1 Å². The fourth-order valence-electron chi connectivity index (χ4n) is 3.64. The quantitative estimate of drug-likeness (QED) is 0.654. The van der Waals surface area contributed by atoms with Crippen LogP contribution in [0.4, 0.5) is 0 Å². The van der Waals surface area contributed by atoms with Gasteiger partial charge in [-0.05, 0) is 57.7 Å². The monoisotopic (exact) mass is 414 g/mol. The first-order chi connectivity index (χ1) is 14.4. The molecule has 0 radical (unpaired) electrons. The molecular weight excluding hydrogens is 384 g/mol. The van der Waals surface area contributed by atoms with E-state index in [0.29, 0.717) is 36.1 Å². The van der Waals surface area contributed by atoms with Crippen LogP contribution in [0.3, 0.4) is 0 Å². The summed E-state index contributed by atoms with van der Waals surface area (Å²) in [6, 6.07) is 6.72. The van der Waals surface area contributed by atoms with Crippen molar-refractivity contribution in [3.8, 4) is 5.75 Å². The van der Waals surface area contributed by atoms with Crippen LogP contribution < -0.4 is 10.1 Å². The maximum absolute atomic E-state index is 12.5. The van der Waals surface area contributed by atoms with Crippen LogP contribution in [0.25, 0.3) is 0 Å². The van der Waals surface area contributed by atoms with Crippen molar-refractivity contribution in [2.75, 3.05) is 6.54 Å². The first-order valence-corrected chi connectivity index (χ1v) is 10.6. The highest BCUT2D eigenvalue weighted by atomic mass is 16.5. The summed E-state index contributed by atoms with van der Waals surface area (Å²) < 4.78 is 16.3. The van der Waals surface area contributed by atoms with Crippen LogP contribution in [-0.4, -0.2) is 29.7 Å². The van der Waals surface area contributed by atoms with Gasteiger partial charge in [-0.2, -0.15) is 0 Å². The van der Waals surface area contributed by atoms with Gasteiger partial charge in [0.2, 0.25) is 0 Å². The second kappa shape index (κ2) is 10.3. The first-order valence-electron chi connectivity index (χ1n) is 10.6. The molecule has 1 aliphatic carbocycles. The number of carbonyl (C=O) groups excluding carboxylic acids is 2. The van der Waals surface area contributed by atoms with Crippen molar-refractivity contribution >= 4 is 11.9 Å². The molecule has 30 heavy (non-hydrogen) atoms. The van der Waals surface area contributed by atoms with Crippen LogP contribution in [0.2, 0.25) is 0 Å². The van der Waals surface area contributed by atoms with Gasteiger partial charge in [-0.25, -0.2) is 4.79 Å². The molecule has 0 spiro atoms. The van der Waals surface area contributed by atoms with Crippen LogP contribution in [-0.2, 0) is 16.1 Å². The Hall–Kier alpha value is -2.83. The lowest BCUT2D eigenvalue weighted by Gasteiger charge is -2.22. The Morgan fingerprint density at radius 2 is 2.00 bits per heavy atom. The molecule has 7 nitrogen and oxygen atoms in total. The summed E-state index contributed by atoms with van der Waals surface area (Å²) >= 11 is 0. The van der Waals surface area contributed by atoms with Gasteiger partial charge in [0.15, 0.2) is 6.10 Å². The molecule has 0 unspecified atom stereocenters. The number of hydrogen-bond donors (Lipinski definition) is 1. The number of esters is 1. The van der Waals surface area contributed by atoms with E-state index in [1.54, 1.807) is 31.2 Å². The van der Waals surface area contributed by atoms with Crippen LogP contribution in [0, 0.1) is 19.8 Å². The van der Waals surface area contributed by atoms with Crippen molar-refractivity contribution in [1.29, 1.82) is 0 Å². The predicted octanol–water partition coefficient (Wildman–Crippen LogP) is 4.11. The average Bonchev–Trinajstić information content (AvgIpc) is 3.08. The normalized spacial score (nSPS) is 15.4. The summed E-state index contributed by atoms with van der Waals surface area (Å²) in [4.78, 5) is 24.8. The molecule has 162 valence electrons. The molecule has 1 heterocycles. The smallest absolute Gasteiger partial charge is 0.339 e. The minimum absolute atomic E-state index is 0.264. The Morgan fingerprint density at radius 3 is 2.70 bits per heavy atom. The summed E-state index contributed by atoms with van der Waals surface area (Å²) in [6.07, 6.45) is 5.16. The number of nitrogens with one attached hydrogen (secondary N) is 1. The van der Waals surface area contributed by atoms with Crippen molar-refractivity contribution in [2.24, 2.45) is 5.92 Å². The van der Waals surface area contributed by atoms with Crippen molar-refractivity contribution < 1.29 is 23.6 Å². The van der Waals surface area contributed by atoms with E-state index in [2.05, 4.69) is 10.5 Å². The average molecular weight is 415 g/mol. The Morgan fingerprint density at radius 1 is 1.23 bits per heavy atom. The van der Waals surface area contributed by atoms with Gasteiger partial charge in [0.05, 0.1) is 16.8 Å². The third-order valence-corrected chi connectivity index (χ3v) is 5.58. The molecule has 1 fully saturated rings. The lowest BCUT2D eigenvalue weighted by molar-refractivity contribution is -0.129. The third-order valence-electron chi connectivity index (χ3n) is 5.58. The SMILES string of the molecule is Cc1noc(C)c1COc1cccc(C(=O)O[C@H](C)C(=O)NCC2CCCCC2)c1. The summed E-state index contributed by atoms with van der Waals surface area (Å²) in [5, 5.41) is 6.81. The van der Waals surface area contributed by atoms with E-state index in [9.17, 15) is 9.59 Å². The van der Waals surface area contributed by atoms with Gasteiger partial charge in [0, 0.05) is 6.54 Å². The molecule has 3 rings (SSSR count). The minimum Gasteiger partial charge on any atom is -0.489 e. The number of nitrogens with zero attached hydrogens (tertiary/aromatic N) is 1. The zero-order chi connectivity index (χ0) is 21.5. The van der Waals surface area contributed by atoms with E-state index in [0.717, 1.165) is 24.1 Å². The van der Waals surface area contributed by atoms with Crippen molar-refractivity contribution in [1.82, 2.24) is 10.5 Å². The van der Waals surface area contributed by atoms with Gasteiger partial charge in [0.25, 0.3) is 5.91 Å². The van der Waals surface area contributed by atoms with Gasteiger partial charge < -0.3 is 19.3 Å². The first kappa shape index (κ1) is 21.9. The number of hydrogen-bond acceptors (Lipinski definition) is 6. The molecule has 0 saturated heterocycles. The summed E-state index contributed by atoms with van der Waals surface area (Å²) in [7, 11) is 0. The zero-order valence-corrected chi connectivity index (χ0v) is 17.9. The summed E-state index contributed by atoms with van der Waals surface area (Å²) in [5.74, 6) is 0.935. The second-order valence-electron chi connectivity index (χ2n) is 7.92. The molecule has 0 aliphatic heterocycles. The minimum atomic E-state index is -0.854. The van der Waals surface area contributed by atoms with Gasteiger partial charge in [-0.1, -0.05) is 30.5 Å². The van der Waals surface area contributed by atoms with Gasteiger partial charge in [-0.3, -0.25) is 4.79 Å². The Kier molecular flexibility index (Phi) is 7.49. The van der Waals surface area contributed by atoms with Gasteiger partial charge >= 0.3 is 5.97 Å². The number of ether oxygens (including phenoxy) is 2. The van der Waals surface area contributed by atoms with Crippen molar-refractivity contribution in [3.63, 3.8) is 0 Å². The second-order valence-corrected chi connectivity index (χ2v) is 7.92. The molecule has 1 N–H and O–H groups in total. The molecule has 1 aromatic heterocycles. The topological polar surface area (TPSA) is 90.7 Å². The van der Waals surface area contributed by atoms with E-state index in [-0.39, 0.29) is 5.91 Å². The molecule has 1 aromatic carbocycles. The lowest BCUT2D eigenvalue weighted by Crippen LogP contribution is -2.38. The standard InChI is InChI=1S/C23H30N2O5/c1-15-21(16(2)30-25-15)14-28-20-11-7-10-19(12-20)23(27)29-17(3)22(26)24-13-18-8-5-4-6-9-18/h7,10-12,17-18H,4-6,8-9,13-14H2,1-3H3,(H,24,26)/t17-/m1/s1. The number of aryl methyl sites for hydroxylation is 2. The van der Waals surface area contributed by atoms with E-state index < -0.39 is 12.1 Å². The van der Waals surface area contributed by atoms with E-state index in [1.165, 1.54) is 19.3 Å².